The number of nitrogens with one attached hydrogen (secondary N) is 1. The second-order valence-electron chi connectivity index (χ2n) is 19.4. The molecule has 7 N–H and O–H groups in total. The van der Waals surface area contributed by atoms with Gasteiger partial charge in [0.25, 0.3) is 16.7 Å². The second-order valence-corrected chi connectivity index (χ2v) is 21.3. The molecule has 25 heteroatoms. The lowest BCUT2D eigenvalue weighted by Gasteiger charge is -2.16. The van der Waals surface area contributed by atoms with Crippen LogP contribution in [0.3, 0.4) is 0 Å². The largest absolute Gasteiger partial charge is 0.493 e. The fourth-order valence-electron chi connectivity index (χ4n) is 9.16. The number of benzene rings is 2. The van der Waals surface area contributed by atoms with Crippen molar-refractivity contribution in [2.24, 2.45) is 17.6 Å². The van der Waals surface area contributed by atoms with Gasteiger partial charge >= 0.3 is 0 Å². The van der Waals surface area contributed by atoms with Gasteiger partial charge in [-0.1, -0.05) is 36.4 Å². The number of anilines is 3. The minimum Gasteiger partial charge on any atom is -0.493 e. The highest BCUT2D eigenvalue weighted by Gasteiger charge is 2.25. The summed E-state index contributed by atoms with van der Waals surface area (Å²) in [6.07, 6.45) is 15.6. The molecule has 80 heavy (non-hydrogen) atoms. The molecular weight excluding hydrogens is 1040 g/mol. The van der Waals surface area contributed by atoms with Crippen LogP contribution >= 0.6 is 0 Å². The predicted molar refractivity (Wildman–Crippen MR) is 299 cm³/mol. The van der Waals surface area contributed by atoms with Gasteiger partial charge in [0.2, 0.25) is 39.3 Å². The molecule has 8 aromatic heterocycles. The number of fused-ring (bicyclic) bond motifs is 2. The first-order chi connectivity index (χ1) is 39.0. The number of sulfone groups is 1. The van der Waals surface area contributed by atoms with Crippen LogP contribution in [-0.2, 0) is 35.8 Å². The van der Waals surface area contributed by atoms with Gasteiger partial charge in [-0.15, -0.1) is 10.2 Å². The molecule has 0 spiro atoms. The monoisotopic (exact) mass is 1100 g/mol. The van der Waals surface area contributed by atoms with Crippen molar-refractivity contribution in [3.05, 3.63) is 157 Å². The van der Waals surface area contributed by atoms with Crippen molar-refractivity contribution in [3.63, 3.8) is 0 Å². The third kappa shape index (κ3) is 14.6. The smallest absolute Gasteiger partial charge is 0.259 e. The van der Waals surface area contributed by atoms with Gasteiger partial charge < -0.3 is 40.8 Å². The summed E-state index contributed by atoms with van der Waals surface area (Å²) in [5.41, 5.74) is 22.3. The van der Waals surface area contributed by atoms with E-state index in [1.54, 1.807) is 30.5 Å². The number of ether oxygens (including phenoxy) is 2. The van der Waals surface area contributed by atoms with E-state index in [1.165, 1.54) is 39.5 Å². The fourth-order valence-corrected chi connectivity index (χ4v) is 9.67. The molecule has 2 fully saturated rings. The van der Waals surface area contributed by atoms with E-state index in [0.29, 0.717) is 54.0 Å². The number of pyridine rings is 2. The standard InChI is InChI=1S/C27H29N9O2.C19H25N3O.C9H8N6O3S/c28-25-32-26(33-27-31-24(34-36(25)27)23-4-2-14-37-23)30-12-9-19-5-7-22(8-6-19)38-18-21-10-13-35(17-21)16-20-3-1-11-29-15-20;20-9-7-16-3-5-19(6-4-16)23-15-18-8-11-22(14-18)13-17-2-1-10-21-12-17;1-19(16,17)9-12-7(10)15-8(13-9)11-6(14-15)5-3-2-4-18-5/h1-8,11,14-15,21H,9-10,12-13,16-18H2,(H3,28,30,31,32,33,34);1-6,10,12,18H,7-9,11,13-15,20H2;2-4H,1H3,(H2,10,11,12,13,14)/t21-;18-;/m11./s1. The first-order valence-electron chi connectivity index (χ1n) is 26.2. The summed E-state index contributed by atoms with van der Waals surface area (Å²) >= 11 is 0. The Kier molecular flexibility index (Phi) is 17.5. The average molecular weight is 1100 g/mol. The van der Waals surface area contributed by atoms with Crippen LogP contribution in [0.1, 0.15) is 35.1 Å². The molecule has 414 valence electrons. The molecule has 24 nitrogen and oxygen atoms in total. The number of likely N-dealkylation sites (tertiary alicyclic amines) is 2. The number of nitrogens with two attached hydrogens (primary N) is 3. The molecule has 0 amide bonds. The zero-order valence-corrected chi connectivity index (χ0v) is 44.9. The van der Waals surface area contributed by atoms with Gasteiger partial charge in [0, 0.05) is 75.6 Å². The molecule has 0 bridgehead atoms. The average Bonchev–Trinajstić information content (AvgIpc) is 4.35. The summed E-state index contributed by atoms with van der Waals surface area (Å²) in [4.78, 5) is 38.0. The lowest BCUT2D eigenvalue weighted by Crippen LogP contribution is -2.22. The van der Waals surface area contributed by atoms with Gasteiger partial charge in [-0.3, -0.25) is 19.8 Å². The maximum absolute atomic E-state index is 11.4. The third-order valence-electron chi connectivity index (χ3n) is 13.2. The Labute approximate surface area is 461 Å². The van der Waals surface area contributed by atoms with Gasteiger partial charge in [0.05, 0.1) is 25.7 Å². The molecular formula is C55H62N18O6S. The topological polar surface area (TPSA) is 313 Å². The zero-order chi connectivity index (χ0) is 55.3. The highest BCUT2D eigenvalue weighted by atomic mass is 32.2. The highest BCUT2D eigenvalue weighted by Crippen LogP contribution is 2.24. The number of aromatic nitrogens is 12. The fraction of sp³-hybridized carbons (Fsp3) is 0.309. The molecule has 2 aliphatic rings. The quantitative estimate of drug-likeness (QED) is 0.0770. The van der Waals surface area contributed by atoms with Crippen LogP contribution in [0.15, 0.2) is 148 Å². The van der Waals surface area contributed by atoms with Crippen molar-refractivity contribution < 1.29 is 26.7 Å². The van der Waals surface area contributed by atoms with E-state index in [4.69, 9.17) is 35.5 Å². The van der Waals surface area contributed by atoms with Gasteiger partial charge in [0.15, 0.2) is 11.5 Å². The lowest BCUT2D eigenvalue weighted by atomic mass is 10.1. The van der Waals surface area contributed by atoms with E-state index in [-0.39, 0.29) is 23.5 Å². The Morgan fingerprint density at radius 2 is 1.12 bits per heavy atom. The van der Waals surface area contributed by atoms with Crippen molar-refractivity contribution >= 4 is 39.2 Å². The van der Waals surface area contributed by atoms with Crippen LogP contribution in [0.2, 0.25) is 0 Å². The normalized spacial score (nSPS) is 15.6. The van der Waals surface area contributed by atoms with Crippen molar-refractivity contribution in [3.8, 4) is 34.7 Å². The van der Waals surface area contributed by atoms with Crippen molar-refractivity contribution in [2.45, 2.75) is 43.9 Å². The van der Waals surface area contributed by atoms with E-state index in [0.717, 1.165) is 94.0 Å². The first-order valence-corrected chi connectivity index (χ1v) is 28.1. The number of rotatable bonds is 19. The molecule has 12 rings (SSSR count). The summed E-state index contributed by atoms with van der Waals surface area (Å²) in [6.45, 7) is 9.17. The van der Waals surface area contributed by atoms with Crippen LogP contribution in [-0.4, -0.2) is 136 Å². The Bertz CT molecular complexity index is 3650. The summed E-state index contributed by atoms with van der Waals surface area (Å²) in [5, 5.41) is 11.2. The summed E-state index contributed by atoms with van der Waals surface area (Å²) in [7, 11) is -3.57. The van der Waals surface area contributed by atoms with Crippen molar-refractivity contribution in [2.75, 3.05) is 75.5 Å². The third-order valence-corrected chi connectivity index (χ3v) is 14.1. The Balaban J connectivity index is 0.000000146. The van der Waals surface area contributed by atoms with E-state index < -0.39 is 15.0 Å². The molecule has 0 radical (unpaired) electrons. The Morgan fingerprint density at radius 1 is 0.613 bits per heavy atom. The summed E-state index contributed by atoms with van der Waals surface area (Å²) < 4.78 is 47.9. The van der Waals surface area contributed by atoms with Gasteiger partial charge in [0.1, 0.15) is 11.5 Å². The van der Waals surface area contributed by atoms with E-state index in [1.807, 2.05) is 61.2 Å². The SMILES string of the molecule is CS(=O)(=O)c1nc(N)n2nc(-c3ccco3)nc2n1.NCCc1ccc(OC[C@@H]2CCN(Cc3cccnc3)C2)cc1.Nc1nc(NCCc2ccc(OC[C@@H]3CCN(Cc4cccnc4)C3)cc2)nc2nc(-c3ccco3)nn12. The van der Waals surface area contributed by atoms with Crippen molar-refractivity contribution in [1.82, 2.24) is 68.9 Å². The number of hydrogen-bond donors (Lipinski definition) is 4. The minimum atomic E-state index is -3.57. The van der Waals surface area contributed by atoms with E-state index >= 15 is 0 Å². The lowest BCUT2D eigenvalue weighted by molar-refractivity contribution is 0.238. The van der Waals surface area contributed by atoms with E-state index in [9.17, 15) is 8.42 Å². The predicted octanol–water partition coefficient (Wildman–Crippen LogP) is 5.56. The number of nitrogen functional groups attached to an aromatic ring is 2. The van der Waals surface area contributed by atoms with Gasteiger partial charge in [-0.05, 0) is 128 Å². The summed E-state index contributed by atoms with van der Waals surface area (Å²) in [5.74, 6) is 5.51. The Morgan fingerprint density at radius 3 is 1.60 bits per heavy atom. The molecule has 2 aliphatic heterocycles. The molecule has 0 saturated carbocycles. The zero-order valence-electron chi connectivity index (χ0n) is 44.1. The van der Waals surface area contributed by atoms with Crippen LogP contribution < -0.4 is 32.0 Å². The first kappa shape index (κ1) is 54.4. The number of furan rings is 2. The molecule has 10 aromatic rings. The Hall–Kier alpha value is -8.91. The molecule has 0 aliphatic carbocycles. The van der Waals surface area contributed by atoms with Crippen LogP contribution in [0.25, 0.3) is 34.7 Å². The maximum atomic E-state index is 11.4. The van der Waals surface area contributed by atoms with Gasteiger partial charge in [-0.25, -0.2) is 8.42 Å². The van der Waals surface area contributed by atoms with Crippen LogP contribution in [0, 0.1) is 11.8 Å². The van der Waals surface area contributed by atoms with Crippen molar-refractivity contribution in [1.29, 1.82) is 0 Å². The van der Waals surface area contributed by atoms with E-state index in [2.05, 4.69) is 102 Å². The number of nitrogens with zero attached hydrogens (tertiary/aromatic N) is 14. The molecule has 10 heterocycles. The van der Waals surface area contributed by atoms with Gasteiger partial charge in [-0.2, -0.15) is 38.9 Å². The number of hydrogen-bond acceptors (Lipinski definition) is 22. The molecule has 2 aromatic carbocycles. The minimum absolute atomic E-state index is 0.0410. The molecule has 2 atom stereocenters. The second kappa shape index (κ2) is 25.7. The molecule has 0 unspecified atom stereocenters. The molecule has 2 saturated heterocycles. The maximum Gasteiger partial charge on any atom is 0.259 e. The van der Waals surface area contributed by atoms with Crippen LogP contribution in [0.4, 0.5) is 17.8 Å². The highest BCUT2D eigenvalue weighted by molar-refractivity contribution is 7.90. The van der Waals surface area contributed by atoms with Crippen LogP contribution in [0.5, 0.6) is 11.5 Å². The summed E-state index contributed by atoms with van der Waals surface area (Å²) in [6, 6.07) is 31.7.